The number of methoxy groups -OCH3 is 1. The molecule has 0 bridgehead atoms. The van der Waals surface area contributed by atoms with Gasteiger partial charge >= 0.3 is 0 Å². The second-order valence-electron chi connectivity index (χ2n) is 6.08. The van der Waals surface area contributed by atoms with Crippen LogP contribution in [0.25, 0.3) is 0 Å². The van der Waals surface area contributed by atoms with Gasteiger partial charge in [-0.25, -0.2) is 0 Å². The molecule has 0 aromatic carbocycles. The number of carbonyl (C=O) groups excluding carboxylic acids is 1. The van der Waals surface area contributed by atoms with E-state index < -0.39 is 0 Å². The summed E-state index contributed by atoms with van der Waals surface area (Å²) in [4.78, 5) is 12.4. The average Bonchev–Trinajstić information content (AvgIpc) is 2.81. The molecule has 20 heavy (non-hydrogen) atoms. The molecule has 0 radical (unpaired) electrons. The number of rotatable bonds is 6. The number of furan rings is 1. The van der Waals surface area contributed by atoms with E-state index in [4.69, 9.17) is 9.15 Å². The summed E-state index contributed by atoms with van der Waals surface area (Å²) in [6.45, 7) is 2.53. The third kappa shape index (κ3) is 2.62. The summed E-state index contributed by atoms with van der Waals surface area (Å²) in [5.41, 5.74) is 0. The quantitative estimate of drug-likeness (QED) is 0.870. The van der Waals surface area contributed by atoms with Crippen molar-refractivity contribution in [2.24, 2.45) is 17.8 Å². The van der Waals surface area contributed by atoms with Crippen molar-refractivity contribution in [2.45, 2.75) is 38.6 Å². The summed E-state index contributed by atoms with van der Waals surface area (Å²) in [5.74, 6) is 3.46. The number of ether oxygens (including phenoxy) is 1. The van der Waals surface area contributed by atoms with E-state index in [2.05, 4.69) is 5.32 Å². The van der Waals surface area contributed by atoms with Gasteiger partial charge in [0, 0.05) is 19.6 Å². The summed E-state index contributed by atoms with van der Waals surface area (Å²) >= 11 is 0. The Bertz CT molecular complexity index is 472. The van der Waals surface area contributed by atoms with Crippen LogP contribution in [0.15, 0.2) is 16.5 Å². The Morgan fingerprint density at radius 3 is 2.80 bits per heavy atom. The van der Waals surface area contributed by atoms with Crippen LogP contribution in [0.3, 0.4) is 0 Å². The van der Waals surface area contributed by atoms with Gasteiger partial charge in [0.25, 0.3) is 0 Å². The zero-order valence-electron chi connectivity index (χ0n) is 12.2. The lowest BCUT2D eigenvalue weighted by Crippen LogP contribution is -2.31. The Balaban J connectivity index is 1.62. The Hall–Kier alpha value is -1.29. The van der Waals surface area contributed by atoms with Crippen molar-refractivity contribution in [1.29, 1.82) is 0 Å². The van der Waals surface area contributed by atoms with Crippen molar-refractivity contribution in [3.05, 3.63) is 23.7 Å². The van der Waals surface area contributed by atoms with Crippen LogP contribution in [-0.2, 0) is 9.53 Å². The van der Waals surface area contributed by atoms with Gasteiger partial charge < -0.3 is 14.5 Å². The standard InChI is InChI=1S/C16H23NO3/c1-10-6-7-14(20-10)13(8-9-19-2)17-16(18)15-11-4-3-5-12(11)15/h6-7,11-13,15H,3-5,8-9H2,1-2H3,(H,17,18). The lowest BCUT2D eigenvalue weighted by Gasteiger charge is -2.17. The minimum atomic E-state index is -0.0718. The number of aryl methyl sites for hydroxylation is 1. The van der Waals surface area contributed by atoms with Crippen LogP contribution < -0.4 is 5.32 Å². The van der Waals surface area contributed by atoms with Crippen molar-refractivity contribution >= 4 is 5.91 Å². The summed E-state index contributed by atoms with van der Waals surface area (Å²) in [6.07, 6.45) is 4.50. The van der Waals surface area contributed by atoms with E-state index in [1.54, 1.807) is 7.11 Å². The van der Waals surface area contributed by atoms with Crippen LogP contribution in [0, 0.1) is 24.7 Å². The minimum Gasteiger partial charge on any atom is -0.464 e. The second kappa shape index (κ2) is 5.60. The second-order valence-corrected chi connectivity index (χ2v) is 6.08. The van der Waals surface area contributed by atoms with E-state index >= 15 is 0 Å². The van der Waals surface area contributed by atoms with Crippen molar-refractivity contribution in [3.8, 4) is 0 Å². The molecule has 0 saturated heterocycles. The molecule has 0 spiro atoms. The Morgan fingerprint density at radius 1 is 1.45 bits per heavy atom. The smallest absolute Gasteiger partial charge is 0.224 e. The third-order valence-corrected chi connectivity index (χ3v) is 4.74. The van der Waals surface area contributed by atoms with Gasteiger partial charge in [0.1, 0.15) is 11.5 Å². The SMILES string of the molecule is COCCC(NC(=O)C1C2CCCC21)c1ccc(C)o1. The Labute approximate surface area is 119 Å². The molecule has 110 valence electrons. The molecule has 2 fully saturated rings. The highest BCUT2D eigenvalue weighted by atomic mass is 16.5. The largest absolute Gasteiger partial charge is 0.464 e. The lowest BCUT2D eigenvalue weighted by molar-refractivity contribution is -0.124. The molecule has 4 nitrogen and oxygen atoms in total. The van der Waals surface area contributed by atoms with Crippen LogP contribution >= 0.6 is 0 Å². The Morgan fingerprint density at radius 2 is 2.20 bits per heavy atom. The predicted molar refractivity (Wildman–Crippen MR) is 75.1 cm³/mol. The van der Waals surface area contributed by atoms with E-state index in [9.17, 15) is 4.79 Å². The molecule has 3 unspecified atom stereocenters. The normalized spacial score (nSPS) is 29.0. The van der Waals surface area contributed by atoms with Crippen LogP contribution in [0.5, 0.6) is 0 Å². The molecule has 2 saturated carbocycles. The van der Waals surface area contributed by atoms with Gasteiger partial charge in [-0.05, 0) is 50.2 Å². The number of hydrogen-bond acceptors (Lipinski definition) is 3. The van der Waals surface area contributed by atoms with Gasteiger partial charge in [-0.1, -0.05) is 6.42 Å². The van der Waals surface area contributed by atoms with Crippen LogP contribution in [0.2, 0.25) is 0 Å². The molecular weight excluding hydrogens is 254 g/mol. The van der Waals surface area contributed by atoms with E-state index in [1.165, 1.54) is 19.3 Å². The van der Waals surface area contributed by atoms with Gasteiger partial charge in [0.15, 0.2) is 0 Å². The highest BCUT2D eigenvalue weighted by Gasteiger charge is 2.56. The molecule has 3 rings (SSSR count). The first-order valence-corrected chi connectivity index (χ1v) is 7.56. The fraction of sp³-hybridized carbons (Fsp3) is 0.688. The van der Waals surface area contributed by atoms with Crippen molar-refractivity contribution in [1.82, 2.24) is 5.32 Å². The van der Waals surface area contributed by atoms with Crippen LogP contribution in [0.1, 0.15) is 43.2 Å². The monoisotopic (exact) mass is 277 g/mol. The van der Waals surface area contributed by atoms with Crippen LogP contribution in [-0.4, -0.2) is 19.6 Å². The molecule has 1 aromatic rings. The first kappa shape index (κ1) is 13.7. The van der Waals surface area contributed by atoms with Crippen molar-refractivity contribution < 1.29 is 13.9 Å². The minimum absolute atomic E-state index is 0.0718. The van der Waals surface area contributed by atoms with Gasteiger partial charge in [0.05, 0.1) is 6.04 Å². The van der Waals surface area contributed by atoms with Gasteiger partial charge in [-0.3, -0.25) is 4.79 Å². The maximum Gasteiger partial charge on any atom is 0.224 e. The highest BCUT2D eigenvalue weighted by Crippen LogP contribution is 2.57. The molecule has 2 aliphatic carbocycles. The first-order valence-electron chi connectivity index (χ1n) is 7.56. The van der Waals surface area contributed by atoms with Gasteiger partial charge in [-0.2, -0.15) is 0 Å². The predicted octanol–water partition coefficient (Wildman–Crippen LogP) is 2.83. The summed E-state index contributed by atoms with van der Waals surface area (Å²) in [5, 5.41) is 3.16. The summed E-state index contributed by atoms with van der Waals surface area (Å²) < 4.78 is 10.8. The highest BCUT2D eigenvalue weighted by molar-refractivity contribution is 5.82. The lowest BCUT2D eigenvalue weighted by atomic mass is 10.1. The molecule has 2 aliphatic rings. The molecule has 1 aromatic heterocycles. The summed E-state index contributed by atoms with van der Waals surface area (Å²) in [6, 6.07) is 3.81. The first-order chi connectivity index (χ1) is 9.70. The molecule has 0 aliphatic heterocycles. The molecule has 1 N–H and O–H groups in total. The van der Waals surface area contributed by atoms with Crippen LogP contribution in [0.4, 0.5) is 0 Å². The molecule has 1 heterocycles. The average molecular weight is 277 g/mol. The number of fused-ring (bicyclic) bond motifs is 1. The zero-order chi connectivity index (χ0) is 14.1. The van der Waals surface area contributed by atoms with Gasteiger partial charge in [0.2, 0.25) is 5.91 Å². The maximum absolute atomic E-state index is 12.4. The molecule has 1 amide bonds. The van der Waals surface area contributed by atoms with Crippen molar-refractivity contribution in [3.63, 3.8) is 0 Å². The number of nitrogens with one attached hydrogen (secondary N) is 1. The Kier molecular flexibility index (Phi) is 3.83. The fourth-order valence-electron chi connectivity index (χ4n) is 3.64. The third-order valence-electron chi connectivity index (χ3n) is 4.74. The number of carbonyl (C=O) groups is 1. The van der Waals surface area contributed by atoms with Crippen molar-refractivity contribution in [2.75, 3.05) is 13.7 Å². The summed E-state index contributed by atoms with van der Waals surface area (Å²) in [7, 11) is 1.68. The van der Waals surface area contributed by atoms with E-state index in [-0.39, 0.29) is 17.9 Å². The molecule has 3 atom stereocenters. The van der Waals surface area contributed by atoms with Gasteiger partial charge in [-0.15, -0.1) is 0 Å². The zero-order valence-corrected chi connectivity index (χ0v) is 12.2. The van der Waals surface area contributed by atoms with E-state index in [0.29, 0.717) is 18.4 Å². The fourth-order valence-corrected chi connectivity index (χ4v) is 3.64. The molecular formula is C16H23NO3. The maximum atomic E-state index is 12.4. The van der Waals surface area contributed by atoms with E-state index in [1.807, 2.05) is 19.1 Å². The number of amides is 1. The number of hydrogen-bond donors (Lipinski definition) is 1. The topological polar surface area (TPSA) is 51.5 Å². The molecule has 4 heteroatoms. The van der Waals surface area contributed by atoms with E-state index in [0.717, 1.165) is 17.9 Å².